The first kappa shape index (κ1) is 7.03. The Balaban J connectivity index is 2.52. The number of hydrogen-bond donors (Lipinski definition) is 0. The van der Waals surface area contributed by atoms with Gasteiger partial charge in [0.25, 0.3) is 0 Å². The van der Waals surface area contributed by atoms with E-state index < -0.39 is 0 Å². The minimum absolute atomic E-state index is 0.217. The second-order valence-electron chi connectivity index (χ2n) is 3.23. The monoisotopic (exact) mass is 130 g/mol. The molecule has 0 saturated carbocycles. The number of methoxy groups -OCH3 is 1. The van der Waals surface area contributed by atoms with Gasteiger partial charge in [0.2, 0.25) is 0 Å². The maximum absolute atomic E-state index is 5.24. The Kier molecular flexibility index (Phi) is 1.78. The van der Waals surface area contributed by atoms with Gasteiger partial charge in [-0.3, -0.25) is 0 Å². The molecule has 1 fully saturated rings. The summed E-state index contributed by atoms with van der Waals surface area (Å²) in [6.07, 6.45) is 0.289. The van der Waals surface area contributed by atoms with Gasteiger partial charge < -0.3 is 9.47 Å². The van der Waals surface area contributed by atoms with Crippen LogP contribution in [0.2, 0.25) is 0 Å². The summed E-state index contributed by atoms with van der Waals surface area (Å²) >= 11 is 0. The van der Waals surface area contributed by atoms with Crippen LogP contribution in [0, 0.1) is 5.41 Å². The lowest BCUT2D eigenvalue weighted by atomic mass is 9.90. The molecule has 0 unspecified atom stereocenters. The van der Waals surface area contributed by atoms with Crippen LogP contribution < -0.4 is 0 Å². The second kappa shape index (κ2) is 2.27. The molecule has 2 heteroatoms. The topological polar surface area (TPSA) is 18.5 Å². The van der Waals surface area contributed by atoms with Gasteiger partial charge in [-0.25, -0.2) is 0 Å². The maximum atomic E-state index is 5.24. The largest absolute Gasteiger partial charge is 0.378 e. The van der Waals surface area contributed by atoms with Gasteiger partial charge in [0.05, 0.1) is 19.3 Å². The molecule has 2 nitrogen and oxygen atoms in total. The predicted molar refractivity (Wildman–Crippen MR) is 35.4 cm³/mol. The molecule has 0 aromatic rings. The zero-order chi connectivity index (χ0) is 6.91. The first-order valence-electron chi connectivity index (χ1n) is 3.27. The first-order chi connectivity index (χ1) is 4.17. The predicted octanol–water partition coefficient (Wildman–Crippen LogP) is 1.06. The van der Waals surface area contributed by atoms with Crippen molar-refractivity contribution in [3.05, 3.63) is 0 Å². The molecule has 0 amide bonds. The summed E-state index contributed by atoms with van der Waals surface area (Å²) in [4.78, 5) is 0. The highest BCUT2D eigenvalue weighted by Gasteiger charge is 2.35. The molecule has 54 valence electrons. The molecule has 0 aromatic carbocycles. The molecule has 0 aromatic heterocycles. The van der Waals surface area contributed by atoms with Gasteiger partial charge in [-0.05, 0) is 0 Å². The van der Waals surface area contributed by atoms with E-state index in [0.717, 1.165) is 13.2 Å². The third-order valence-electron chi connectivity index (χ3n) is 1.90. The van der Waals surface area contributed by atoms with Crippen LogP contribution in [0.25, 0.3) is 0 Å². The Morgan fingerprint density at radius 2 is 2.22 bits per heavy atom. The Morgan fingerprint density at radius 1 is 1.56 bits per heavy atom. The SMILES string of the molecule is CO[C@@H]1COCC1(C)C. The Morgan fingerprint density at radius 3 is 2.44 bits per heavy atom. The third kappa shape index (κ3) is 1.25. The Hall–Kier alpha value is -0.0800. The minimum Gasteiger partial charge on any atom is -0.378 e. The van der Waals surface area contributed by atoms with Crippen molar-refractivity contribution in [2.45, 2.75) is 20.0 Å². The number of ether oxygens (including phenoxy) is 2. The van der Waals surface area contributed by atoms with Gasteiger partial charge in [-0.15, -0.1) is 0 Å². The van der Waals surface area contributed by atoms with Crippen LogP contribution in [0.4, 0.5) is 0 Å². The van der Waals surface area contributed by atoms with Gasteiger partial charge in [-0.2, -0.15) is 0 Å². The molecule has 1 aliphatic rings. The molecule has 1 atom stereocenters. The molecule has 0 aliphatic carbocycles. The fraction of sp³-hybridized carbons (Fsp3) is 1.00. The van der Waals surface area contributed by atoms with Gasteiger partial charge in [0, 0.05) is 12.5 Å². The van der Waals surface area contributed by atoms with E-state index in [0.29, 0.717) is 0 Å². The average molecular weight is 130 g/mol. The number of hydrogen-bond acceptors (Lipinski definition) is 2. The zero-order valence-corrected chi connectivity index (χ0v) is 6.31. The normalized spacial score (nSPS) is 33.0. The highest BCUT2D eigenvalue weighted by Crippen LogP contribution is 2.28. The van der Waals surface area contributed by atoms with E-state index in [1.54, 1.807) is 7.11 Å². The average Bonchev–Trinajstić information content (AvgIpc) is 2.08. The van der Waals surface area contributed by atoms with Crippen LogP contribution in [-0.2, 0) is 9.47 Å². The summed E-state index contributed by atoms with van der Waals surface area (Å²) in [5.74, 6) is 0. The Labute approximate surface area is 56.2 Å². The van der Waals surface area contributed by atoms with Crippen LogP contribution in [0.5, 0.6) is 0 Å². The lowest BCUT2D eigenvalue weighted by Gasteiger charge is -2.22. The van der Waals surface area contributed by atoms with Crippen molar-refractivity contribution >= 4 is 0 Å². The molecular formula is C7H14O2. The van der Waals surface area contributed by atoms with E-state index in [9.17, 15) is 0 Å². The van der Waals surface area contributed by atoms with Crippen molar-refractivity contribution in [1.82, 2.24) is 0 Å². The molecule has 1 heterocycles. The maximum Gasteiger partial charge on any atom is 0.0877 e. The van der Waals surface area contributed by atoms with Crippen LogP contribution in [0.15, 0.2) is 0 Å². The van der Waals surface area contributed by atoms with Gasteiger partial charge in [0.1, 0.15) is 0 Å². The molecule has 0 radical (unpaired) electrons. The zero-order valence-electron chi connectivity index (χ0n) is 6.31. The van der Waals surface area contributed by atoms with Crippen LogP contribution in [0.1, 0.15) is 13.8 Å². The van der Waals surface area contributed by atoms with Gasteiger partial charge >= 0.3 is 0 Å². The molecule has 9 heavy (non-hydrogen) atoms. The minimum atomic E-state index is 0.217. The van der Waals surface area contributed by atoms with E-state index in [2.05, 4.69) is 13.8 Å². The lowest BCUT2D eigenvalue weighted by Crippen LogP contribution is -2.28. The molecule has 1 aliphatic heterocycles. The molecule has 0 N–H and O–H groups in total. The van der Waals surface area contributed by atoms with Gasteiger partial charge in [-0.1, -0.05) is 13.8 Å². The van der Waals surface area contributed by atoms with Crippen LogP contribution in [-0.4, -0.2) is 26.4 Å². The summed E-state index contributed by atoms with van der Waals surface area (Å²) in [5, 5.41) is 0. The fourth-order valence-electron chi connectivity index (χ4n) is 1.13. The van der Waals surface area contributed by atoms with E-state index in [4.69, 9.17) is 9.47 Å². The van der Waals surface area contributed by atoms with Crippen molar-refractivity contribution in [2.24, 2.45) is 5.41 Å². The number of rotatable bonds is 1. The molecule has 0 bridgehead atoms. The van der Waals surface area contributed by atoms with E-state index in [-0.39, 0.29) is 11.5 Å². The van der Waals surface area contributed by atoms with Crippen LogP contribution in [0.3, 0.4) is 0 Å². The summed E-state index contributed by atoms with van der Waals surface area (Å²) in [7, 11) is 1.74. The summed E-state index contributed by atoms with van der Waals surface area (Å²) in [6.45, 7) is 5.90. The van der Waals surface area contributed by atoms with Crippen LogP contribution >= 0.6 is 0 Å². The summed E-state index contributed by atoms with van der Waals surface area (Å²) in [6, 6.07) is 0. The molecule has 0 spiro atoms. The quantitative estimate of drug-likeness (QED) is 0.528. The highest BCUT2D eigenvalue weighted by atomic mass is 16.5. The highest BCUT2D eigenvalue weighted by molar-refractivity contribution is 4.83. The third-order valence-corrected chi connectivity index (χ3v) is 1.90. The summed E-state index contributed by atoms with van der Waals surface area (Å²) < 4.78 is 10.4. The lowest BCUT2D eigenvalue weighted by molar-refractivity contribution is 0.0404. The first-order valence-corrected chi connectivity index (χ1v) is 3.27. The molecule has 1 saturated heterocycles. The van der Waals surface area contributed by atoms with Crippen molar-refractivity contribution in [1.29, 1.82) is 0 Å². The standard InChI is InChI=1S/C7H14O2/c1-7(2)5-9-4-6(7)8-3/h6H,4-5H2,1-3H3/t6-/m1/s1. The molecular weight excluding hydrogens is 116 g/mol. The van der Waals surface area contributed by atoms with E-state index >= 15 is 0 Å². The fourth-order valence-corrected chi connectivity index (χ4v) is 1.13. The Bertz CT molecular complexity index is 99.1. The smallest absolute Gasteiger partial charge is 0.0877 e. The van der Waals surface area contributed by atoms with Gasteiger partial charge in [0.15, 0.2) is 0 Å². The van der Waals surface area contributed by atoms with Crippen molar-refractivity contribution < 1.29 is 9.47 Å². The molecule has 1 rings (SSSR count). The van der Waals surface area contributed by atoms with Crippen molar-refractivity contribution in [3.8, 4) is 0 Å². The van der Waals surface area contributed by atoms with E-state index in [1.165, 1.54) is 0 Å². The summed E-state index contributed by atoms with van der Waals surface area (Å²) in [5.41, 5.74) is 0.217. The van der Waals surface area contributed by atoms with Crippen molar-refractivity contribution in [2.75, 3.05) is 20.3 Å². The second-order valence-corrected chi connectivity index (χ2v) is 3.23. The van der Waals surface area contributed by atoms with E-state index in [1.807, 2.05) is 0 Å². The van der Waals surface area contributed by atoms with Crippen molar-refractivity contribution in [3.63, 3.8) is 0 Å².